The molecule has 128 valence electrons. The number of hydrogen-bond acceptors (Lipinski definition) is 4. The highest BCUT2D eigenvalue weighted by molar-refractivity contribution is 7.86. The molecular formula is C15H23ClN4O2S. The van der Waals surface area contributed by atoms with Crippen molar-refractivity contribution in [2.45, 2.75) is 12.3 Å². The first-order valence-electron chi connectivity index (χ1n) is 7.34. The van der Waals surface area contributed by atoms with Crippen LogP contribution in [0.25, 0.3) is 0 Å². The number of benzene rings is 1. The van der Waals surface area contributed by atoms with E-state index in [1.165, 1.54) is 15.7 Å². The summed E-state index contributed by atoms with van der Waals surface area (Å²) >= 11 is 0. The van der Waals surface area contributed by atoms with Gasteiger partial charge in [0.1, 0.15) is 0 Å². The Morgan fingerprint density at radius 3 is 2.57 bits per heavy atom. The van der Waals surface area contributed by atoms with E-state index in [2.05, 4.69) is 0 Å². The Kier molecular flexibility index (Phi) is 7.45. The van der Waals surface area contributed by atoms with Gasteiger partial charge in [-0.15, -0.1) is 12.4 Å². The molecule has 0 aliphatic carbocycles. The minimum Gasteiger partial charge on any atom is -0.330 e. The number of halogens is 1. The molecule has 8 heteroatoms. The summed E-state index contributed by atoms with van der Waals surface area (Å²) in [6, 6.07) is 11.9. The minimum absolute atomic E-state index is 0. The van der Waals surface area contributed by atoms with Gasteiger partial charge in [-0.3, -0.25) is 0 Å². The first kappa shape index (κ1) is 19.9. The number of hydrogen-bond donors (Lipinski definition) is 1. The molecule has 1 aliphatic rings. The second-order valence-electron chi connectivity index (χ2n) is 5.57. The molecule has 1 fully saturated rings. The van der Waals surface area contributed by atoms with Crippen LogP contribution in [0.3, 0.4) is 0 Å². The lowest BCUT2D eigenvalue weighted by molar-refractivity contribution is 0.390. The Labute approximate surface area is 144 Å². The van der Waals surface area contributed by atoms with E-state index in [1.54, 1.807) is 0 Å². The van der Waals surface area contributed by atoms with Gasteiger partial charge in [-0.1, -0.05) is 30.3 Å². The number of nitrogens with two attached hydrogens (primary N) is 1. The van der Waals surface area contributed by atoms with Crippen molar-refractivity contribution in [3.63, 3.8) is 0 Å². The van der Waals surface area contributed by atoms with Crippen molar-refractivity contribution in [2.24, 2.45) is 11.7 Å². The zero-order valence-corrected chi connectivity index (χ0v) is 14.8. The summed E-state index contributed by atoms with van der Waals surface area (Å²) in [5, 5.41) is 8.62. The van der Waals surface area contributed by atoms with Crippen molar-refractivity contribution in [3.8, 4) is 6.07 Å². The molecule has 1 heterocycles. The normalized spacial score (nSPS) is 21.8. The SMILES string of the molecule is CN(CCC#N)S(=O)(=O)N1C[C@@H](CN)[C@H](c2ccccc2)C1.Cl. The summed E-state index contributed by atoms with van der Waals surface area (Å²) < 4.78 is 27.9. The van der Waals surface area contributed by atoms with Crippen LogP contribution in [0.5, 0.6) is 0 Å². The van der Waals surface area contributed by atoms with Crippen LogP contribution in [0.15, 0.2) is 30.3 Å². The highest BCUT2D eigenvalue weighted by Crippen LogP contribution is 2.33. The lowest BCUT2D eigenvalue weighted by Gasteiger charge is -2.23. The molecule has 6 nitrogen and oxygen atoms in total. The third-order valence-corrected chi connectivity index (χ3v) is 6.12. The second kappa shape index (κ2) is 8.62. The van der Waals surface area contributed by atoms with Crippen molar-refractivity contribution in [3.05, 3.63) is 35.9 Å². The topological polar surface area (TPSA) is 90.4 Å². The summed E-state index contributed by atoms with van der Waals surface area (Å²) in [5.41, 5.74) is 6.97. The second-order valence-corrected chi connectivity index (χ2v) is 7.60. The van der Waals surface area contributed by atoms with Gasteiger partial charge in [0.25, 0.3) is 10.2 Å². The van der Waals surface area contributed by atoms with Gasteiger partial charge >= 0.3 is 0 Å². The van der Waals surface area contributed by atoms with E-state index in [0.717, 1.165) is 5.56 Å². The lowest BCUT2D eigenvalue weighted by atomic mass is 9.89. The van der Waals surface area contributed by atoms with E-state index in [-0.39, 0.29) is 37.2 Å². The van der Waals surface area contributed by atoms with Gasteiger partial charge < -0.3 is 5.73 Å². The van der Waals surface area contributed by atoms with Gasteiger partial charge in [-0.25, -0.2) is 0 Å². The maximum Gasteiger partial charge on any atom is 0.281 e. The Balaban J connectivity index is 0.00000264. The van der Waals surface area contributed by atoms with Crippen LogP contribution in [-0.4, -0.2) is 50.3 Å². The molecule has 0 spiro atoms. The Morgan fingerprint density at radius 1 is 1.35 bits per heavy atom. The fraction of sp³-hybridized carbons (Fsp3) is 0.533. The van der Waals surface area contributed by atoms with Gasteiger partial charge in [0.15, 0.2) is 0 Å². The predicted octanol–water partition coefficient (Wildman–Crippen LogP) is 1.17. The number of nitriles is 1. The van der Waals surface area contributed by atoms with Crippen LogP contribution in [0.4, 0.5) is 0 Å². The summed E-state index contributed by atoms with van der Waals surface area (Å²) in [6.45, 7) is 1.52. The van der Waals surface area contributed by atoms with E-state index in [0.29, 0.717) is 19.6 Å². The van der Waals surface area contributed by atoms with Crippen LogP contribution in [0.1, 0.15) is 17.9 Å². The third-order valence-electron chi connectivity index (χ3n) is 4.20. The monoisotopic (exact) mass is 358 g/mol. The smallest absolute Gasteiger partial charge is 0.281 e. The molecule has 0 amide bonds. The number of nitrogens with zero attached hydrogens (tertiary/aromatic N) is 3. The van der Waals surface area contributed by atoms with Gasteiger partial charge in [0.2, 0.25) is 0 Å². The molecule has 0 saturated carbocycles. The van der Waals surface area contributed by atoms with Crippen LogP contribution in [0, 0.1) is 17.2 Å². The largest absolute Gasteiger partial charge is 0.330 e. The Hall–Kier alpha value is -1.17. The molecular weight excluding hydrogens is 336 g/mol. The third kappa shape index (κ3) is 4.43. The van der Waals surface area contributed by atoms with Crippen molar-refractivity contribution in [1.29, 1.82) is 5.26 Å². The van der Waals surface area contributed by atoms with Gasteiger partial charge in [-0.05, 0) is 18.0 Å². The van der Waals surface area contributed by atoms with E-state index in [1.807, 2.05) is 36.4 Å². The summed E-state index contributed by atoms with van der Waals surface area (Å²) in [4.78, 5) is 0. The van der Waals surface area contributed by atoms with Crippen molar-refractivity contribution < 1.29 is 8.42 Å². The maximum atomic E-state index is 12.6. The molecule has 0 aromatic heterocycles. The van der Waals surface area contributed by atoms with Crippen molar-refractivity contribution in [2.75, 3.05) is 33.2 Å². The zero-order valence-electron chi connectivity index (χ0n) is 13.1. The molecule has 0 bridgehead atoms. The van der Waals surface area contributed by atoms with Crippen LogP contribution < -0.4 is 5.73 Å². The van der Waals surface area contributed by atoms with Gasteiger partial charge in [0, 0.05) is 39.0 Å². The fourth-order valence-corrected chi connectivity index (χ4v) is 4.30. The predicted molar refractivity (Wildman–Crippen MR) is 92.3 cm³/mol. The first-order chi connectivity index (χ1) is 10.5. The quantitative estimate of drug-likeness (QED) is 0.826. The molecule has 1 aromatic rings. The first-order valence-corrected chi connectivity index (χ1v) is 8.73. The summed E-state index contributed by atoms with van der Waals surface area (Å²) in [7, 11) is -2.02. The lowest BCUT2D eigenvalue weighted by Crippen LogP contribution is -2.41. The Morgan fingerprint density at radius 2 is 2.00 bits per heavy atom. The highest BCUT2D eigenvalue weighted by Gasteiger charge is 2.40. The van der Waals surface area contributed by atoms with Gasteiger partial charge in [-0.2, -0.15) is 22.3 Å². The van der Waals surface area contributed by atoms with Crippen molar-refractivity contribution in [1.82, 2.24) is 8.61 Å². The fourth-order valence-electron chi connectivity index (χ4n) is 2.86. The van der Waals surface area contributed by atoms with Crippen LogP contribution >= 0.6 is 12.4 Å². The van der Waals surface area contributed by atoms with Crippen LogP contribution in [-0.2, 0) is 10.2 Å². The average molecular weight is 359 g/mol. The van der Waals surface area contributed by atoms with Gasteiger partial charge in [0.05, 0.1) is 6.07 Å². The molecule has 2 rings (SSSR count). The summed E-state index contributed by atoms with van der Waals surface area (Å²) in [6.07, 6.45) is 0.187. The molecule has 1 aliphatic heterocycles. The summed E-state index contributed by atoms with van der Waals surface area (Å²) in [5.74, 6) is 0.229. The van der Waals surface area contributed by atoms with Crippen LogP contribution in [0.2, 0.25) is 0 Å². The Bertz CT molecular complexity index is 633. The molecule has 2 atom stereocenters. The minimum atomic E-state index is -3.53. The molecule has 0 unspecified atom stereocenters. The standard InChI is InChI=1S/C15H22N4O2S.ClH/c1-18(9-5-8-16)22(20,21)19-11-14(10-17)15(12-19)13-6-3-2-4-7-13;/h2-4,6-7,14-15H,5,9-12,17H2,1H3;1H/t14-,15+;/m1./s1. The zero-order chi connectivity index (χ0) is 16.2. The highest BCUT2D eigenvalue weighted by atomic mass is 35.5. The maximum absolute atomic E-state index is 12.6. The van der Waals surface area contributed by atoms with E-state index in [4.69, 9.17) is 11.0 Å². The molecule has 0 radical (unpaired) electrons. The van der Waals surface area contributed by atoms with E-state index in [9.17, 15) is 8.42 Å². The number of rotatable bonds is 6. The average Bonchev–Trinajstić information content (AvgIpc) is 2.98. The molecule has 1 saturated heterocycles. The molecule has 2 N–H and O–H groups in total. The van der Waals surface area contributed by atoms with E-state index < -0.39 is 10.2 Å². The van der Waals surface area contributed by atoms with E-state index >= 15 is 0 Å². The van der Waals surface area contributed by atoms with Crippen molar-refractivity contribution >= 4 is 22.6 Å². The molecule has 23 heavy (non-hydrogen) atoms. The molecule has 1 aromatic carbocycles.